The molecule has 0 aliphatic carbocycles. The van der Waals surface area contributed by atoms with E-state index in [-0.39, 0.29) is 6.42 Å². The van der Waals surface area contributed by atoms with Gasteiger partial charge in [0, 0.05) is 18.1 Å². The molecule has 0 amide bonds. The topological polar surface area (TPSA) is 113 Å². The van der Waals surface area contributed by atoms with Crippen molar-refractivity contribution in [1.82, 2.24) is 0 Å². The number of aliphatic hydroxyl groups is 2. The van der Waals surface area contributed by atoms with Crippen molar-refractivity contribution in [3.63, 3.8) is 0 Å². The van der Waals surface area contributed by atoms with E-state index in [1.54, 1.807) is 0 Å². The number of alkyl halides is 3. The molecule has 10 heteroatoms. The fourth-order valence-electron chi connectivity index (χ4n) is 2.91. The summed E-state index contributed by atoms with van der Waals surface area (Å²) in [4.78, 5) is 24.4. The maximum atomic E-state index is 13.7. The Hall–Kier alpha value is -2.85. The summed E-state index contributed by atoms with van der Waals surface area (Å²) in [5, 5.41) is 30.0. The Morgan fingerprint density at radius 3 is 2.37 bits per heavy atom. The molecule has 1 aliphatic rings. The number of hydrogen-bond acceptors (Lipinski definition) is 7. The van der Waals surface area contributed by atoms with Gasteiger partial charge in [0.1, 0.15) is 34.8 Å². The van der Waals surface area contributed by atoms with Crippen LogP contribution in [0.5, 0.6) is 11.5 Å². The minimum Gasteiger partial charge on any atom is -0.507 e. The molecule has 0 aromatic heterocycles. The number of ether oxygens (including phenoxy) is 2. The average molecular weight is 430 g/mol. The van der Waals surface area contributed by atoms with Gasteiger partial charge in [-0.25, -0.2) is 4.79 Å². The molecule has 30 heavy (non-hydrogen) atoms. The molecule has 1 aromatic carbocycles. The second-order valence-electron chi connectivity index (χ2n) is 6.67. The Labute approximate surface area is 170 Å². The zero-order chi connectivity index (χ0) is 22.6. The minimum absolute atomic E-state index is 0.00844. The van der Waals surface area contributed by atoms with Gasteiger partial charge in [-0.15, -0.1) is 0 Å². The molecule has 0 spiro atoms. The summed E-state index contributed by atoms with van der Waals surface area (Å²) in [7, 11) is 0.974. The first-order valence-corrected chi connectivity index (χ1v) is 8.92. The molecule has 0 fully saturated rings. The summed E-state index contributed by atoms with van der Waals surface area (Å²) in [6, 6.07) is 0.668. The third-order valence-corrected chi connectivity index (χ3v) is 4.39. The number of rotatable bonds is 1. The van der Waals surface area contributed by atoms with E-state index >= 15 is 0 Å². The lowest BCUT2D eigenvalue weighted by atomic mass is 9.96. The van der Waals surface area contributed by atoms with E-state index in [1.807, 2.05) is 0 Å². The van der Waals surface area contributed by atoms with Gasteiger partial charge in [-0.3, -0.25) is 4.79 Å². The van der Waals surface area contributed by atoms with Crippen molar-refractivity contribution in [3.05, 3.63) is 41.0 Å². The van der Waals surface area contributed by atoms with Crippen LogP contribution < -0.4 is 4.74 Å². The number of esters is 1. The number of carbonyl (C=O) groups is 2. The number of phenolic OH excluding ortho intramolecular Hbond substituents is 1. The van der Waals surface area contributed by atoms with Crippen LogP contribution in [0, 0.1) is 0 Å². The fourth-order valence-corrected chi connectivity index (χ4v) is 2.91. The van der Waals surface area contributed by atoms with Crippen LogP contribution in [-0.2, 0) is 15.7 Å². The SMILES string of the molecule is COc1cc(O)c2c(c1C(F)(F)F)/C=C/C[C@H](O)[C@H](O)C(=O)/C=C\C[C@H](C)OC2=O. The number of carbonyl (C=O) groups excluding carboxylic acids is 2. The summed E-state index contributed by atoms with van der Waals surface area (Å²) in [6.07, 6.45) is -5.38. The highest BCUT2D eigenvalue weighted by Gasteiger charge is 2.40. The maximum absolute atomic E-state index is 13.7. The maximum Gasteiger partial charge on any atom is 0.420 e. The minimum atomic E-state index is -4.96. The second-order valence-corrected chi connectivity index (χ2v) is 6.67. The largest absolute Gasteiger partial charge is 0.507 e. The van der Waals surface area contributed by atoms with Gasteiger partial charge in [0.15, 0.2) is 5.78 Å². The quantitative estimate of drug-likeness (QED) is 0.587. The van der Waals surface area contributed by atoms with Crippen molar-refractivity contribution in [3.8, 4) is 11.5 Å². The van der Waals surface area contributed by atoms with E-state index < -0.39 is 70.9 Å². The normalized spacial score (nSPS) is 25.6. The van der Waals surface area contributed by atoms with E-state index in [4.69, 9.17) is 9.47 Å². The van der Waals surface area contributed by atoms with Crippen LogP contribution in [0.4, 0.5) is 13.2 Å². The summed E-state index contributed by atoms with van der Waals surface area (Å²) >= 11 is 0. The first-order chi connectivity index (χ1) is 14.0. The first kappa shape index (κ1) is 23.4. The number of phenols is 1. The van der Waals surface area contributed by atoms with Crippen LogP contribution >= 0.6 is 0 Å². The monoisotopic (exact) mass is 430 g/mol. The second kappa shape index (κ2) is 9.31. The molecular formula is C20H21F3O7. The third-order valence-electron chi connectivity index (χ3n) is 4.39. The van der Waals surface area contributed by atoms with Crippen LogP contribution in [0.15, 0.2) is 24.3 Å². The molecule has 1 heterocycles. The van der Waals surface area contributed by atoms with Crippen molar-refractivity contribution < 1.29 is 47.6 Å². The Balaban J connectivity index is 2.70. The van der Waals surface area contributed by atoms with Crippen LogP contribution in [-0.4, -0.2) is 52.5 Å². The molecule has 0 radical (unpaired) electrons. The number of benzene rings is 1. The highest BCUT2D eigenvalue weighted by atomic mass is 19.4. The van der Waals surface area contributed by atoms with Gasteiger partial charge in [0.05, 0.1) is 13.2 Å². The lowest BCUT2D eigenvalue weighted by Crippen LogP contribution is -2.32. The van der Waals surface area contributed by atoms with Gasteiger partial charge in [-0.1, -0.05) is 18.2 Å². The molecule has 1 aliphatic heterocycles. The lowest BCUT2D eigenvalue weighted by Gasteiger charge is -2.20. The van der Waals surface area contributed by atoms with E-state index in [9.17, 15) is 38.1 Å². The first-order valence-electron chi connectivity index (χ1n) is 8.92. The molecule has 3 N–H and O–H groups in total. The van der Waals surface area contributed by atoms with Gasteiger partial charge < -0.3 is 24.8 Å². The number of halogens is 3. The van der Waals surface area contributed by atoms with Crippen LogP contribution in [0.1, 0.15) is 41.3 Å². The number of hydrogen-bond donors (Lipinski definition) is 3. The molecule has 3 atom stereocenters. The van der Waals surface area contributed by atoms with Crippen LogP contribution in [0.3, 0.4) is 0 Å². The summed E-state index contributed by atoms with van der Waals surface area (Å²) in [5.41, 5.74) is -2.77. The van der Waals surface area contributed by atoms with Gasteiger partial charge in [-0.2, -0.15) is 13.2 Å². The Morgan fingerprint density at radius 2 is 1.77 bits per heavy atom. The van der Waals surface area contributed by atoms with E-state index in [0.29, 0.717) is 6.07 Å². The summed E-state index contributed by atoms with van der Waals surface area (Å²) < 4.78 is 51.1. The van der Waals surface area contributed by atoms with Gasteiger partial charge in [-0.05, 0) is 19.4 Å². The van der Waals surface area contributed by atoms with Crippen molar-refractivity contribution in [2.45, 2.75) is 44.3 Å². The van der Waals surface area contributed by atoms with Gasteiger partial charge in [0.2, 0.25) is 0 Å². The number of aromatic hydroxyl groups is 1. The molecule has 2 rings (SSSR count). The van der Waals surface area contributed by atoms with Crippen LogP contribution in [0.2, 0.25) is 0 Å². The van der Waals surface area contributed by atoms with Crippen molar-refractivity contribution in [2.75, 3.05) is 7.11 Å². The molecule has 164 valence electrons. The average Bonchev–Trinajstić information content (AvgIpc) is 2.64. The number of ketones is 1. The molecule has 7 nitrogen and oxygen atoms in total. The number of methoxy groups -OCH3 is 1. The fraction of sp³-hybridized carbons (Fsp3) is 0.400. The van der Waals surface area contributed by atoms with Crippen molar-refractivity contribution in [1.29, 1.82) is 0 Å². The molecule has 0 saturated carbocycles. The zero-order valence-electron chi connectivity index (χ0n) is 16.1. The van der Waals surface area contributed by atoms with Gasteiger partial charge >= 0.3 is 12.1 Å². The zero-order valence-corrected chi connectivity index (χ0v) is 16.1. The van der Waals surface area contributed by atoms with Gasteiger partial charge in [0.25, 0.3) is 0 Å². The Bertz CT molecular complexity index is 874. The Morgan fingerprint density at radius 1 is 1.13 bits per heavy atom. The smallest absolute Gasteiger partial charge is 0.420 e. The van der Waals surface area contributed by atoms with E-state index in [0.717, 1.165) is 25.3 Å². The van der Waals surface area contributed by atoms with E-state index in [2.05, 4.69) is 0 Å². The predicted molar refractivity (Wildman–Crippen MR) is 99.0 cm³/mol. The van der Waals surface area contributed by atoms with Crippen molar-refractivity contribution >= 4 is 17.8 Å². The van der Waals surface area contributed by atoms with Crippen LogP contribution in [0.25, 0.3) is 6.08 Å². The third kappa shape index (κ3) is 5.19. The number of aliphatic hydroxyl groups excluding tert-OH is 2. The molecule has 0 bridgehead atoms. The molecular weight excluding hydrogens is 409 g/mol. The molecule has 1 aromatic rings. The molecule has 0 saturated heterocycles. The number of cyclic esters (lactones) is 1. The highest BCUT2D eigenvalue weighted by molar-refractivity contribution is 5.98. The predicted octanol–water partition coefficient (Wildman–Crippen LogP) is 2.62. The lowest BCUT2D eigenvalue weighted by molar-refractivity contribution is -0.139. The number of fused-ring (bicyclic) bond motifs is 1. The molecule has 0 unspecified atom stereocenters. The standard InChI is InChI=1S/C20H21F3O7/c1-10-5-3-7-12(24)18(27)13(25)8-4-6-11-16(19(28)30-10)14(26)9-15(29-2)17(11)20(21,22)23/h3-4,6-7,9-10,13,18,25-27H,5,8H2,1-2H3/b6-4+,7-3-/t10-,13-,18+/m0/s1. The Kier molecular flexibility index (Phi) is 7.27. The highest BCUT2D eigenvalue weighted by Crippen LogP contribution is 2.44. The summed E-state index contributed by atoms with van der Waals surface area (Å²) in [6.45, 7) is 1.44. The van der Waals surface area contributed by atoms with E-state index in [1.165, 1.54) is 13.0 Å². The summed E-state index contributed by atoms with van der Waals surface area (Å²) in [5.74, 6) is -3.51. The van der Waals surface area contributed by atoms with Crippen molar-refractivity contribution in [2.24, 2.45) is 0 Å².